The first-order chi connectivity index (χ1) is 4.39. The summed E-state index contributed by atoms with van der Waals surface area (Å²) >= 11 is 2.53. The number of hydrogen-bond acceptors (Lipinski definition) is 3. The highest BCUT2D eigenvalue weighted by atomic mass is 32.1. The minimum Gasteiger partial charge on any atom is -0.398 e. The molecule has 0 heterocycles. The first-order valence-electron chi connectivity index (χ1n) is 2.32. The van der Waals surface area contributed by atoms with Crippen LogP contribution in [0.25, 0.3) is 0 Å². The van der Waals surface area contributed by atoms with E-state index in [9.17, 15) is 0 Å². The Hall–Kier alpha value is -0.670. The molecule has 0 unspecified atom stereocenters. The van der Waals surface area contributed by atoms with E-state index in [1.54, 1.807) is 12.1 Å². The number of nitrogens with two attached hydrogens (primary N) is 1. The number of nitrogen functional groups attached to an aromatic ring is 1. The molecule has 9 heavy (non-hydrogen) atoms. The summed E-state index contributed by atoms with van der Waals surface area (Å²) in [7, 11) is 0. The van der Waals surface area contributed by atoms with Crippen LogP contribution in [0.2, 0.25) is 0 Å². The summed E-state index contributed by atoms with van der Waals surface area (Å²) in [5, 5.41) is 0. The van der Waals surface area contributed by atoms with Crippen molar-refractivity contribution in [2.24, 2.45) is 0 Å². The van der Waals surface area contributed by atoms with E-state index in [1.807, 2.05) is 12.1 Å². The van der Waals surface area contributed by atoms with E-state index in [0.717, 1.165) is 0 Å². The molecule has 3 heteroatoms. The van der Waals surface area contributed by atoms with E-state index in [1.165, 1.54) is 0 Å². The fourth-order valence-electron chi connectivity index (χ4n) is 0.407. The lowest BCUT2D eigenvalue weighted by molar-refractivity contribution is 0.679. The van der Waals surface area contributed by atoms with E-state index in [-0.39, 0.29) is 0 Å². The Labute approximate surface area is 59.9 Å². The van der Waals surface area contributed by atoms with E-state index in [0.29, 0.717) is 5.69 Å². The zero-order valence-corrected chi connectivity index (χ0v) is 5.68. The predicted octanol–water partition coefficient (Wildman–Crippen LogP) is 1.46. The van der Waals surface area contributed by atoms with Gasteiger partial charge in [0.25, 0.3) is 0 Å². The average Bonchev–Trinajstić information content (AvgIpc) is 1.94. The summed E-state index contributed by atoms with van der Waals surface area (Å²) in [6, 6.07) is 10.2. The first kappa shape index (κ1) is 8.33. The number of rotatable bonds is 0. The maximum Gasteiger partial charge on any atom is 0.0394 e. The summed E-state index contributed by atoms with van der Waals surface area (Å²) < 4.78 is 6.69. The number of thiol groups is 1. The maximum absolute atomic E-state index is 6.69. The Bertz CT molecular complexity index is 143. The lowest BCUT2D eigenvalue weighted by Crippen LogP contribution is -1.80. The van der Waals surface area contributed by atoms with Gasteiger partial charge in [0.05, 0.1) is 0 Å². The van der Waals surface area contributed by atoms with Crippen molar-refractivity contribution in [1.29, 1.82) is 0 Å². The number of hydrogen-bond donors (Lipinski definition) is 3. The molecule has 0 aliphatic rings. The van der Waals surface area contributed by atoms with Crippen LogP contribution in [0.3, 0.4) is 0 Å². The van der Waals surface area contributed by atoms with Crippen LogP contribution in [0.4, 0.5) is 5.69 Å². The molecule has 0 bridgehead atoms. The van der Waals surface area contributed by atoms with Gasteiger partial charge in [-0.1, -0.05) is 18.2 Å². The van der Waals surface area contributed by atoms with Crippen LogP contribution >= 0.6 is 12.9 Å². The largest absolute Gasteiger partial charge is 0.398 e. The van der Waals surface area contributed by atoms with Gasteiger partial charge in [-0.3, -0.25) is 0 Å². The second-order valence-corrected chi connectivity index (χ2v) is 1.32. The molecule has 0 aliphatic carbocycles. The van der Waals surface area contributed by atoms with Gasteiger partial charge >= 0.3 is 0 Å². The molecule has 0 fully saturated rings. The molecule has 0 amide bonds. The Morgan fingerprint density at radius 1 is 1.44 bits per heavy atom. The third-order valence-corrected chi connectivity index (χ3v) is 0.733. The zero-order chi connectivity index (χ0) is 7.11. The topological polar surface area (TPSA) is 46.2 Å². The molecule has 2 nitrogen and oxygen atoms in total. The van der Waals surface area contributed by atoms with Gasteiger partial charge in [-0.25, -0.2) is 0 Å². The Kier molecular flexibility index (Phi) is 5.06. The Morgan fingerprint density at radius 3 is 2.33 bits per heavy atom. The maximum atomic E-state index is 6.69. The molecule has 0 saturated heterocycles. The number of anilines is 1. The fraction of sp³-hybridized carbons (Fsp3) is 0. The monoisotopic (exact) mass is 142 g/mol. The molecular formula is C6H8NOS. The molecule has 0 spiro atoms. The molecule has 1 radical (unpaired) electrons. The lowest BCUT2D eigenvalue weighted by atomic mass is 10.3. The van der Waals surface area contributed by atoms with Crippen LogP contribution in [0, 0.1) is 6.07 Å². The van der Waals surface area contributed by atoms with E-state index in [2.05, 4.69) is 19.0 Å². The molecule has 3 N–H and O–H groups in total. The second-order valence-electron chi connectivity index (χ2n) is 1.32. The Balaban J connectivity index is 0.000000291. The van der Waals surface area contributed by atoms with Crippen LogP contribution < -0.4 is 5.73 Å². The van der Waals surface area contributed by atoms with Crippen molar-refractivity contribution in [1.82, 2.24) is 0 Å². The predicted molar refractivity (Wildman–Crippen MR) is 41.3 cm³/mol. The number of benzene rings is 1. The van der Waals surface area contributed by atoms with Gasteiger partial charge in [0.2, 0.25) is 0 Å². The fourth-order valence-corrected chi connectivity index (χ4v) is 0.407. The summed E-state index contributed by atoms with van der Waals surface area (Å²) in [6.45, 7) is 0. The SMILES string of the molecule is Nc1[c]cccc1.OS. The lowest BCUT2D eigenvalue weighted by Gasteiger charge is -1.82. The van der Waals surface area contributed by atoms with E-state index in [4.69, 9.17) is 10.3 Å². The van der Waals surface area contributed by atoms with Crippen LogP contribution in [0.15, 0.2) is 24.3 Å². The third kappa shape index (κ3) is 3.88. The molecule has 1 aromatic carbocycles. The van der Waals surface area contributed by atoms with Crippen molar-refractivity contribution >= 4 is 18.6 Å². The van der Waals surface area contributed by atoms with Gasteiger partial charge in [0, 0.05) is 11.8 Å². The van der Waals surface area contributed by atoms with Gasteiger partial charge in [0.15, 0.2) is 0 Å². The standard InChI is InChI=1S/C6H6N.H2OS/c7-6-4-2-1-3-5-6;1-2/h1-4H,7H2;1-2H. The highest BCUT2D eigenvalue weighted by Crippen LogP contribution is 1.94. The highest BCUT2D eigenvalue weighted by molar-refractivity contribution is 7.74. The third-order valence-electron chi connectivity index (χ3n) is 0.733. The quantitative estimate of drug-likeness (QED) is 0.292. The van der Waals surface area contributed by atoms with Crippen LogP contribution in [0.1, 0.15) is 0 Å². The smallest absolute Gasteiger partial charge is 0.0394 e. The molecule has 0 atom stereocenters. The molecule has 0 aliphatic heterocycles. The van der Waals surface area contributed by atoms with E-state index >= 15 is 0 Å². The zero-order valence-electron chi connectivity index (χ0n) is 4.78. The summed E-state index contributed by atoms with van der Waals surface area (Å²) in [6.07, 6.45) is 0. The first-order valence-corrected chi connectivity index (χ1v) is 2.72. The van der Waals surface area contributed by atoms with Crippen molar-refractivity contribution in [2.45, 2.75) is 0 Å². The minimum atomic E-state index is 0.697. The van der Waals surface area contributed by atoms with Gasteiger partial charge in [-0.2, -0.15) is 0 Å². The van der Waals surface area contributed by atoms with Crippen molar-refractivity contribution in [3.8, 4) is 0 Å². The molecule has 0 saturated carbocycles. The summed E-state index contributed by atoms with van der Waals surface area (Å²) in [5.41, 5.74) is 6.00. The van der Waals surface area contributed by atoms with Crippen molar-refractivity contribution in [2.75, 3.05) is 5.73 Å². The van der Waals surface area contributed by atoms with Gasteiger partial charge in [0.1, 0.15) is 0 Å². The summed E-state index contributed by atoms with van der Waals surface area (Å²) in [4.78, 5) is 0. The molecule has 49 valence electrons. The molecule has 1 aromatic rings. The number of para-hydroxylation sites is 1. The van der Waals surface area contributed by atoms with Crippen molar-refractivity contribution in [3.63, 3.8) is 0 Å². The minimum absolute atomic E-state index is 0.697. The molecule has 1 rings (SSSR count). The van der Waals surface area contributed by atoms with E-state index < -0.39 is 0 Å². The van der Waals surface area contributed by atoms with Gasteiger partial charge < -0.3 is 10.3 Å². The normalized spacial score (nSPS) is 7.33. The molecular weight excluding hydrogens is 134 g/mol. The second kappa shape index (κ2) is 5.47. The van der Waals surface area contributed by atoms with Crippen molar-refractivity contribution in [3.05, 3.63) is 30.3 Å². The van der Waals surface area contributed by atoms with Crippen LogP contribution in [0.5, 0.6) is 0 Å². The van der Waals surface area contributed by atoms with Gasteiger partial charge in [-0.15, -0.1) is 0 Å². The molecule has 0 aromatic heterocycles. The highest BCUT2D eigenvalue weighted by Gasteiger charge is 1.73. The van der Waals surface area contributed by atoms with Crippen molar-refractivity contribution < 1.29 is 4.55 Å². The van der Waals surface area contributed by atoms with Crippen LogP contribution in [-0.4, -0.2) is 4.55 Å². The van der Waals surface area contributed by atoms with Crippen LogP contribution in [-0.2, 0) is 0 Å². The summed E-state index contributed by atoms with van der Waals surface area (Å²) in [5.74, 6) is 0. The van der Waals surface area contributed by atoms with Gasteiger partial charge in [-0.05, 0) is 19.0 Å². The average molecular weight is 142 g/mol. The Morgan fingerprint density at radius 2 is 2.11 bits per heavy atom.